The maximum absolute atomic E-state index is 14.0. The lowest BCUT2D eigenvalue weighted by Crippen LogP contribution is -2.25. The average molecular weight is 275 g/mol. The number of alkyl halides is 3. The van der Waals surface area contributed by atoms with E-state index in [0.29, 0.717) is 0 Å². The van der Waals surface area contributed by atoms with E-state index in [1.165, 1.54) is 12.1 Å². The zero-order chi connectivity index (χ0) is 14.0. The highest BCUT2D eigenvalue weighted by Gasteiger charge is 2.36. The maximum Gasteiger partial charge on any atom is 0.419 e. The van der Waals surface area contributed by atoms with Crippen molar-refractivity contribution < 1.29 is 17.6 Å². The van der Waals surface area contributed by atoms with Gasteiger partial charge in [-0.2, -0.15) is 13.2 Å². The van der Waals surface area contributed by atoms with Crippen LogP contribution in [0.1, 0.15) is 49.3 Å². The quantitative estimate of drug-likeness (QED) is 0.794. The van der Waals surface area contributed by atoms with E-state index in [0.717, 1.165) is 38.2 Å². The Hall–Kier alpha value is -1.10. The molecule has 1 aromatic rings. The molecule has 19 heavy (non-hydrogen) atoms. The highest BCUT2D eigenvalue weighted by atomic mass is 19.4. The summed E-state index contributed by atoms with van der Waals surface area (Å²) in [5.74, 6) is -1.14. The summed E-state index contributed by atoms with van der Waals surface area (Å²) in [6, 6.07) is 2.70. The molecule has 0 heterocycles. The number of nitrogens with two attached hydrogens (primary N) is 1. The molecule has 1 aliphatic rings. The number of hydrogen-bond acceptors (Lipinski definition) is 1. The van der Waals surface area contributed by atoms with Crippen LogP contribution in [0.2, 0.25) is 0 Å². The highest BCUT2D eigenvalue weighted by Crippen LogP contribution is 2.37. The molecular weight excluding hydrogens is 258 g/mol. The number of benzene rings is 1. The van der Waals surface area contributed by atoms with Gasteiger partial charge in [-0.15, -0.1) is 0 Å². The first-order valence-electron chi connectivity index (χ1n) is 6.52. The van der Waals surface area contributed by atoms with E-state index < -0.39 is 23.6 Å². The van der Waals surface area contributed by atoms with E-state index in [4.69, 9.17) is 5.73 Å². The number of rotatable bonds is 2. The number of halogens is 4. The summed E-state index contributed by atoms with van der Waals surface area (Å²) in [7, 11) is 0. The van der Waals surface area contributed by atoms with E-state index in [-0.39, 0.29) is 11.5 Å². The van der Waals surface area contributed by atoms with Gasteiger partial charge in [-0.3, -0.25) is 0 Å². The fraction of sp³-hybridized carbons (Fsp3) is 0.571. The maximum atomic E-state index is 14.0. The predicted molar refractivity (Wildman–Crippen MR) is 64.9 cm³/mol. The smallest absolute Gasteiger partial charge is 0.324 e. The second-order valence-electron chi connectivity index (χ2n) is 5.13. The minimum Gasteiger partial charge on any atom is -0.324 e. The Kier molecular flexibility index (Phi) is 4.13. The number of hydrogen-bond donors (Lipinski definition) is 1. The summed E-state index contributed by atoms with van der Waals surface area (Å²) in [6.45, 7) is 0. The molecule has 0 spiro atoms. The van der Waals surface area contributed by atoms with Gasteiger partial charge < -0.3 is 5.73 Å². The van der Waals surface area contributed by atoms with Crippen molar-refractivity contribution in [2.75, 3.05) is 0 Å². The largest absolute Gasteiger partial charge is 0.419 e. The molecule has 1 aromatic carbocycles. The molecule has 1 atom stereocenters. The van der Waals surface area contributed by atoms with Crippen LogP contribution in [0.15, 0.2) is 18.2 Å². The van der Waals surface area contributed by atoms with Gasteiger partial charge in [-0.25, -0.2) is 4.39 Å². The molecule has 5 heteroatoms. The SMILES string of the molecule is N[C@@H](c1cccc(C(F)(F)F)c1F)C1CCCCC1. The first kappa shape index (κ1) is 14.3. The van der Waals surface area contributed by atoms with Crippen molar-refractivity contribution in [1.82, 2.24) is 0 Å². The minimum atomic E-state index is -4.67. The van der Waals surface area contributed by atoms with Gasteiger partial charge in [0.25, 0.3) is 0 Å². The van der Waals surface area contributed by atoms with Crippen molar-refractivity contribution in [3.63, 3.8) is 0 Å². The van der Waals surface area contributed by atoms with Crippen LogP contribution in [0.4, 0.5) is 17.6 Å². The second-order valence-corrected chi connectivity index (χ2v) is 5.13. The molecule has 0 amide bonds. The molecule has 2 N–H and O–H groups in total. The lowest BCUT2D eigenvalue weighted by atomic mass is 9.81. The molecule has 0 aromatic heterocycles. The highest BCUT2D eigenvalue weighted by molar-refractivity contribution is 5.30. The van der Waals surface area contributed by atoms with Crippen LogP contribution in [-0.2, 0) is 6.18 Å². The van der Waals surface area contributed by atoms with Gasteiger partial charge in [-0.1, -0.05) is 31.4 Å². The van der Waals surface area contributed by atoms with Crippen molar-refractivity contribution >= 4 is 0 Å². The Balaban J connectivity index is 2.29. The summed E-state index contributed by atoms with van der Waals surface area (Å²) >= 11 is 0. The normalized spacial score (nSPS) is 19.4. The third-order valence-electron chi connectivity index (χ3n) is 3.85. The molecule has 1 aliphatic carbocycles. The van der Waals surface area contributed by atoms with Crippen molar-refractivity contribution in [3.8, 4) is 0 Å². The molecule has 0 saturated heterocycles. The van der Waals surface area contributed by atoms with E-state index in [1.807, 2.05) is 0 Å². The van der Waals surface area contributed by atoms with Gasteiger partial charge in [-0.05, 0) is 24.8 Å². The first-order valence-corrected chi connectivity index (χ1v) is 6.52. The summed E-state index contributed by atoms with van der Waals surface area (Å²) in [5, 5.41) is 0. The van der Waals surface area contributed by atoms with Crippen molar-refractivity contribution in [1.29, 1.82) is 0 Å². The molecule has 1 nitrogen and oxygen atoms in total. The Morgan fingerprint density at radius 3 is 2.32 bits per heavy atom. The summed E-state index contributed by atoms with van der Waals surface area (Å²) in [5.41, 5.74) is 4.74. The average Bonchev–Trinajstić information content (AvgIpc) is 2.38. The van der Waals surface area contributed by atoms with Crippen LogP contribution >= 0.6 is 0 Å². The standard InChI is InChI=1S/C14H17F4N/c15-12-10(7-4-8-11(12)14(16,17)18)13(19)9-5-2-1-3-6-9/h4,7-9,13H,1-3,5-6,19H2/t13-/m1/s1. The predicted octanol–water partition coefficient (Wildman–Crippen LogP) is 4.42. The molecule has 1 saturated carbocycles. The Labute approximate surface area is 109 Å². The van der Waals surface area contributed by atoms with Gasteiger partial charge in [0.15, 0.2) is 0 Å². The van der Waals surface area contributed by atoms with Crippen molar-refractivity contribution in [2.24, 2.45) is 11.7 Å². The van der Waals surface area contributed by atoms with Crippen LogP contribution in [0, 0.1) is 11.7 Å². The summed E-state index contributed by atoms with van der Waals surface area (Å²) in [4.78, 5) is 0. The zero-order valence-electron chi connectivity index (χ0n) is 10.5. The molecule has 0 unspecified atom stereocenters. The lowest BCUT2D eigenvalue weighted by molar-refractivity contribution is -0.140. The van der Waals surface area contributed by atoms with Crippen LogP contribution in [-0.4, -0.2) is 0 Å². The van der Waals surface area contributed by atoms with E-state index in [9.17, 15) is 17.6 Å². The van der Waals surface area contributed by atoms with Crippen LogP contribution in [0.25, 0.3) is 0 Å². The van der Waals surface area contributed by atoms with Crippen LogP contribution in [0.3, 0.4) is 0 Å². The molecule has 0 radical (unpaired) electrons. The Morgan fingerprint density at radius 2 is 1.74 bits per heavy atom. The summed E-state index contributed by atoms with van der Waals surface area (Å²) in [6.07, 6.45) is 0.187. The Bertz CT molecular complexity index is 436. The molecule has 0 aliphatic heterocycles. The van der Waals surface area contributed by atoms with Crippen LogP contribution in [0.5, 0.6) is 0 Å². The third kappa shape index (κ3) is 3.08. The second kappa shape index (κ2) is 5.49. The third-order valence-corrected chi connectivity index (χ3v) is 3.85. The van der Waals surface area contributed by atoms with Gasteiger partial charge >= 0.3 is 6.18 Å². The van der Waals surface area contributed by atoms with Crippen LogP contribution < -0.4 is 5.73 Å². The molecular formula is C14H17F4N. The van der Waals surface area contributed by atoms with Gasteiger partial charge in [0.2, 0.25) is 0 Å². The van der Waals surface area contributed by atoms with E-state index in [1.54, 1.807) is 0 Å². The Morgan fingerprint density at radius 1 is 1.11 bits per heavy atom. The zero-order valence-corrected chi connectivity index (χ0v) is 10.5. The van der Waals surface area contributed by atoms with E-state index >= 15 is 0 Å². The van der Waals surface area contributed by atoms with Gasteiger partial charge in [0.05, 0.1) is 5.56 Å². The first-order chi connectivity index (χ1) is 8.91. The topological polar surface area (TPSA) is 26.0 Å². The molecule has 2 rings (SSSR count). The van der Waals surface area contributed by atoms with Crippen molar-refractivity contribution in [2.45, 2.75) is 44.3 Å². The van der Waals surface area contributed by atoms with Gasteiger partial charge in [0, 0.05) is 11.6 Å². The fourth-order valence-corrected chi connectivity index (χ4v) is 2.77. The molecule has 0 bridgehead atoms. The van der Waals surface area contributed by atoms with Crippen molar-refractivity contribution in [3.05, 3.63) is 35.1 Å². The monoisotopic (exact) mass is 275 g/mol. The molecule has 106 valence electrons. The molecule has 1 fully saturated rings. The van der Waals surface area contributed by atoms with Gasteiger partial charge in [0.1, 0.15) is 5.82 Å². The minimum absolute atomic E-state index is 0.0123. The lowest BCUT2D eigenvalue weighted by Gasteiger charge is -2.28. The fourth-order valence-electron chi connectivity index (χ4n) is 2.77. The summed E-state index contributed by atoms with van der Waals surface area (Å²) < 4.78 is 51.9. The van der Waals surface area contributed by atoms with E-state index in [2.05, 4.69) is 0 Å².